The van der Waals surface area contributed by atoms with Crippen LogP contribution in [0.3, 0.4) is 0 Å². The number of ketones is 1. The monoisotopic (exact) mass is 430 g/mol. The minimum absolute atomic E-state index is 0.271. The van der Waals surface area contributed by atoms with Crippen LogP contribution in [0.15, 0.2) is 42.5 Å². The summed E-state index contributed by atoms with van der Waals surface area (Å²) in [7, 11) is 2.14. The van der Waals surface area contributed by atoms with Gasteiger partial charge in [0, 0.05) is 36.6 Å². The molecule has 0 saturated heterocycles. The number of fused-ring (bicyclic) bond motifs is 1. The molecule has 0 fully saturated rings. The van der Waals surface area contributed by atoms with Gasteiger partial charge in [-0.3, -0.25) is 4.79 Å². The minimum atomic E-state index is 0.271. The molecule has 1 heterocycles. The van der Waals surface area contributed by atoms with Crippen LogP contribution < -0.4 is 0 Å². The molecule has 5 heteroatoms. The fraction of sp³-hybridized carbons (Fsp3) is 0.458. The SMILES string of the molecule is CSN1CCc2ccc(C(=O)CCCCN(C)CCc3ccccc3Cl)cc2C1. The van der Waals surface area contributed by atoms with Gasteiger partial charge in [0.2, 0.25) is 0 Å². The molecule has 1 aliphatic heterocycles. The van der Waals surface area contributed by atoms with E-state index in [-0.39, 0.29) is 5.78 Å². The molecule has 3 rings (SSSR count). The molecule has 0 unspecified atom stereocenters. The third kappa shape index (κ3) is 6.58. The minimum Gasteiger partial charge on any atom is -0.306 e. The van der Waals surface area contributed by atoms with Crippen molar-refractivity contribution < 1.29 is 4.79 Å². The maximum absolute atomic E-state index is 12.6. The van der Waals surface area contributed by atoms with Crippen LogP contribution in [0.5, 0.6) is 0 Å². The number of carbonyl (C=O) groups is 1. The van der Waals surface area contributed by atoms with Gasteiger partial charge in [-0.25, -0.2) is 4.31 Å². The Hall–Kier alpha value is -1.33. The molecule has 0 bridgehead atoms. The van der Waals surface area contributed by atoms with Crippen LogP contribution in [0.1, 0.15) is 46.3 Å². The summed E-state index contributed by atoms with van der Waals surface area (Å²) in [5.74, 6) is 0.271. The highest BCUT2D eigenvalue weighted by molar-refractivity contribution is 7.96. The smallest absolute Gasteiger partial charge is 0.162 e. The second-order valence-electron chi connectivity index (χ2n) is 7.80. The highest BCUT2D eigenvalue weighted by Gasteiger charge is 2.17. The van der Waals surface area contributed by atoms with Gasteiger partial charge in [-0.2, -0.15) is 0 Å². The lowest BCUT2D eigenvalue weighted by Crippen LogP contribution is -2.24. The van der Waals surface area contributed by atoms with Crippen LogP contribution in [0.4, 0.5) is 0 Å². The number of likely N-dealkylation sites (N-methyl/N-ethyl adjacent to an activating group) is 1. The van der Waals surface area contributed by atoms with Crippen LogP contribution in [0.25, 0.3) is 0 Å². The largest absolute Gasteiger partial charge is 0.306 e. The van der Waals surface area contributed by atoms with E-state index in [0.29, 0.717) is 6.42 Å². The van der Waals surface area contributed by atoms with E-state index in [0.717, 1.165) is 62.4 Å². The Morgan fingerprint density at radius 2 is 1.97 bits per heavy atom. The van der Waals surface area contributed by atoms with E-state index in [1.165, 1.54) is 16.7 Å². The van der Waals surface area contributed by atoms with Crippen molar-refractivity contribution in [2.45, 2.75) is 38.6 Å². The van der Waals surface area contributed by atoms with Crippen molar-refractivity contribution in [1.82, 2.24) is 9.21 Å². The fourth-order valence-corrected chi connectivity index (χ4v) is 4.57. The Morgan fingerprint density at radius 3 is 2.76 bits per heavy atom. The van der Waals surface area contributed by atoms with Gasteiger partial charge in [0.1, 0.15) is 0 Å². The third-order valence-electron chi connectivity index (χ3n) is 5.68. The molecule has 0 aliphatic carbocycles. The normalized spacial score (nSPS) is 14.2. The molecule has 29 heavy (non-hydrogen) atoms. The van der Waals surface area contributed by atoms with Gasteiger partial charge in [-0.15, -0.1) is 0 Å². The van der Waals surface area contributed by atoms with Crippen LogP contribution in [0, 0.1) is 0 Å². The predicted molar refractivity (Wildman–Crippen MR) is 125 cm³/mol. The first kappa shape index (κ1) is 22.4. The summed E-state index contributed by atoms with van der Waals surface area (Å²) in [5.41, 5.74) is 4.78. The second kappa shape index (κ2) is 11.2. The van der Waals surface area contributed by atoms with E-state index < -0.39 is 0 Å². The number of rotatable bonds is 10. The van der Waals surface area contributed by atoms with E-state index in [4.69, 9.17) is 11.6 Å². The molecule has 3 nitrogen and oxygen atoms in total. The van der Waals surface area contributed by atoms with E-state index in [2.05, 4.69) is 40.7 Å². The first-order valence-electron chi connectivity index (χ1n) is 10.4. The maximum atomic E-state index is 12.6. The Kier molecular flexibility index (Phi) is 8.61. The molecule has 2 aromatic rings. The number of halogens is 1. The van der Waals surface area contributed by atoms with Crippen LogP contribution in [0.2, 0.25) is 5.02 Å². The average Bonchev–Trinajstić information content (AvgIpc) is 2.75. The molecule has 0 saturated carbocycles. The first-order valence-corrected chi connectivity index (χ1v) is 12.0. The molecule has 1 aliphatic rings. The molecular weight excluding hydrogens is 400 g/mol. The number of carbonyl (C=O) groups excluding carboxylic acids is 1. The quantitative estimate of drug-likeness (QED) is 0.282. The van der Waals surface area contributed by atoms with Crippen molar-refractivity contribution in [2.24, 2.45) is 0 Å². The predicted octanol–water partition coefficient (Wildman–Crippen LogP) is 5.50. The van der Waals surface area contributed by atoms with Crippen LogP contribution in [-0.2, 0) is 19.4 Å². The van der Waals surface area contributed by atoms with E-state index >= 15 is 0 Å². The Labute approximate surface area is 184 Å². The van der Waals surface area contributed by atoms with E-state index in [1.54, 1.807) is 11.9 Å². The molecule has 0 N–H and O–H groups in total. The highest BCUT2D eigenvalue weighted by atomic mass is 35.5. The standard InChI is InChI=1S/C24H31ClN2OS/c1-26(15-12-20-7-3-4-8-23(20)25)14-6-5-9-24(28)21-11-10-19-13-16-27(29-2)18-22(19)17-21/h3-4,7-8,10-11,17H,5-6,9,12-16,18H2,1-2H3. The molecule has 0 spiro atoms. The highest BCUT2D eigenvalue weighted by Crippen LogP contribution is 2.24. The number of hydrogen-bond acceptors (Lipinski definition) is 4. The summed E-state index contributed by atoms with van der Waals surface area (Å²) in [6, 6.07) is 14.3. The zero-order valence-electron chi connectivity index (χ0n) is 17.5. The van der Waals surface area contributed by atoms with E-state index in [9.17, 15) is 4.79 Å². The lowest BCUT2D eigenvalue weighted by molar-refractivity contribution is 0.0978. The summed E-state index contributed by atoms with van der Waals surface area (Å²) in [6.45, 7) is 4.01. The summed E-state index contributed by atoms with van der Waals surface area (Å²) >= 11 is 8.01. The molecule has 0 atom stereocenters. The van der Waals surface area contributed by atoms with Gasteiger partial charge >= 0.3 is 0 Å². The van der Waals surface area contributed by atoms with Crippen molar-refractivity contribution in [3.8, 4) is 0 Å². The van der Waals surface area contributed by atoms with Gasteiger partial charge in [0.05, 0.1) is 0 Å². The van der Waals surface area contributed by atoms with Crippen molar-refractivity contribution in [2.75, 3.05) is 32.9 Å². The zero-order chi connectivity index (χ0) is 20.6. The molecule has 0 aromatic heterocycles. The lowest BCUT2D eigenvalue weighted by Gasteiger charge is -2.26. The van der Waals surface area contributed by atoms with E-state index in [1.807, 2.05) is 24.3 Å². The third-order valence-corrected chi connectivity index (χ3v) is 6.87. The molecule has 156 valence electrons. The number of unbranched alkanes of at least 4 members (excludes halogenated alkanes) is 1. The van der Waals surface area contributed by atoms with Crippen LogP contribution in [-0.4, -0.2) is 47.9 Å². The van der Waals surface area contributed by atoms with Crippen LogP contribution >= 0.6 is 23.5 Å². The van der Waals surface area contributed by atoms with Gasteiger partial charge in [-0.05, 0) is 74.4 Å². The molecule has 0 radical (unpaired) electrons. The Balaban J connectivity index is 1.39. The summed E-state index contributed by atoms with van der Waals surface area (Å²) in [4.78, 5) is 15.0. The maximum Gasteiger partial charge on any atom is 0.162 e. The summed E-state index contributed by atoms with van der Waals surface area (Å²) in [5, 5.41) is 0.845. The van der Waals surface area contributed by atoms with Crippen molar-refractivity contribution >= 4 is 29.3 Å². The topological polar surface area (TPSA) is 23.6 Å². The number of hydrogen-bond donors (Lipinski definition) is 0. The number of benzene rings is 2. The summed E-state index contributed by atoms with van der Waals surface area (Å²) in [6.07, 6.45) is 6.75. The van der Waals surface area contributed by atoms with Crippen molar-refractivity contribution in [1.29, 1.82) is 0 Å². The summed E-state index contributed by atoms with van der Waals surface area (Å²) < 4.78 is 2.36. The number of Topliss-reactive ketones (excluding diaryl/α,β-unsaturated/α-hetero) is 1. The fourth-order valence-electron chi connectivity index (χ4n) is 3.80. The van der Waals surface area contributed by atoms with Crippen molar-refractivity contribution in [3.05, 3.63) is 69.7 Å². The molecule has 0 amide bonds. The zero-order valence-corrected chi connectivity index (χ0v) is 19.1. The van der Waals surface area contributed by atoms with Crippen molar-refractivity contribution in [3.63, 3.8) is 0 Å². The average molecular weight is 431 g/mol. The lowest BCUT2D eigenvalue weighted by atomic mass is 9.96. The molecular formula is C24H31ClN2OS. The molecule has 2 aromatic carbocycles. The van der Waals surface area contributed by atoms with Gasteiger partial charge in [0.25, 0.3) is 0 Å². The van der Waals surface area contributed by atoms with Gasteiger partial charge in [0.15, 0.2) is 5.78 Å². The van der Waals surface area contributed by atoms with Gasteiger partial charge < -0.3 is 4.90 Å². The first-order chi connectivity index (χ1) is 14.1. The number of nitrogens with zero attached hydrogens (tertiary/aromatic N) is 2. The second-order valence-corrected chi connectivity index (χ2v) is 9.09. The van der Waals surface area contributed by atoms with Gasteiger partial charge in [-0.1, -0.05) is 53.9 Å². The Morgan fingerprint density at radius 1 is 1.14 bits per heavy atom. The Bertz CT molecular complexity index is 826.